The van der Waals surface area contributed by atoms with Gasteiger partial charge in [0.05, 0.1) is 11.6 Å². The lowest BCUT2D eigenvalue weighted by Gasteiger charge is -2.19. The predicted molar refractivity (Wildman–Crippen MR) is 77.2 cm³/mol. The highest BCUT2D eigenvalue weighted by atomic mass is 35.5. The van der Waals surface area contributed by atoms with E-state index in [0.29, 0.717) is 29.0 Å². The monoisotopic (exact) mass is 281 g/mol. The van der Waals surface area contributed by atoms with E-state index < -0.39 is 0 Å². The smallest absolute Gasteiger partial charge is 0.159 e. The fourth-order valence-corrected chi connectivity index (χ4v) is 2.72. The summed E-state index contributed by atoms with van der Waals surface area (Å²) in [6, 6.07) is 5.82. The lowest BCUT2D eigenvalue weighted by Crippen LogP contribution is -2.26. The average Bonchev–Trinajstić information content (AvgIpc) is 2.77. The number of likely N-dealkylation sites (tertiary alicyclic amines) is 1. The maximum atomic E-state index is 11.2. The van der Waals surface area contributed by atoms with Crippen LogP contribution in [-0.4, -0.2) is 36.9 Å². The summed E-state index contributed by atoms with van der Waals surface area (Å²) in [4.78, 5) is 13.6. The minimum atomic E-state index is 0.0148. The van der Waals surface area contributed by atoms with E-state index in [1.165, 1.54) is 26.3 Å². The molecule has 0 aromatic heterocycles. The van der Waals surface area contributed by atoms with Crippen molar-refractivity contribution in [3.05, 3.63) is 28.8 Å². The quantitative estimate of drug-likeness (QED) is 0.775. The lowest BCUT2D eigenvalue weighted by molar-refractivity contribution is 0.101. The van der Waals surface area contributed by atoms with Crippen molar-refractivity contribution in [1.29, 1.82) is 0 Å². The highest BCUT2D eigenvalue weighted by Crippen LogP contribution is 2.26. The molecule has 3 nitrogen and oxygen atoms in total. The second-order valence-electron chi connectivity index (χ2n) is 5.12. The molecule has 1 fully saturated rings. The van der Waals surface area contributed by atoms with Gasteiger partial charge in [0.1, 0.15) is 5.75 Å². The minimum Gasteiger partial charge on any atom is -0.492 e. The molecule has 1 aliphatic heterocycles. The number of halogens is 1. The van der Waals surface area contributed by atoms with Crippen LogP contribution < -0.4 is 4.74 Å². The van der Waals surface area contributed by atoms with Gasteiger partial charge in [0, 0.05) is 11.6 Å². The first-order valence-electron chi connectivity index (χ1n) is 6.71. The molecule has 104 valence electrons. The number of ketones is 1. The maximum Gasteiger partial charge on any atom is 0.159 e. The Hall–Kier alpha value is -1.06. The van der Waals surface area contributed by atoms with Gasteiger partial charge in [0.25, 0.3) is 0 Å². The van der Waals surface area contributed by atoms with Crippen molar-refractivity contribution in [3.63, 3.8) is 0 Å². The highest BCUT2D eigenvalue weighted by Gasteiger charge is 2.20. The third-order valence-corrected chi connectivity index (χ3v) is 4.01. The van der Waals surface area contributed by atoms with Crippen molar-refractivity contribution in [2.45, 2.75) is 32.2 Å². The number of carbonyl (C=O) groups excluding carboxylic acids is 1. The van der Waals surface area contributed by atoms with Crippen molar-refractivity contribution >= 4 is 17.4 Å². The highest BCUT2D eigenvalue weighted by molar-refractivity contribution is 6.32. The van der Waals surface area contributed by atoms with Gasteiger partial charge in [0.15, 0.2) is 5.78 Å². The van der Waals surface area contributed by atoms with Crippen LogP contribution in [0.25, 0.3) is 0 Å². The number of rotatable bonds is 5. The Bertz CT molecular complexity index is 461. The summed E-state index contributed by atoms with van der Waals surface area (Å²) in [5.41, 5.74) is 0.618. The van der Waals surface area contributed by atoms with Crippen LogP contribution in [0.3, 0.4) is 0 Å². The topological polar surface area (TPSA) is 29.5 Å². The van der Waals surface area contributed by atoms with E-state index in [9.17, 15) is 4.79 Å². The summed E-state index contributed by atoms with van der Waals surface area (Å²) < 4.78 is 5.71. The lowest BCUT2D eigenvalue weighted by atomic mass is 10.1. The third-order valence-electron chi connectivity index (χ3n) is 3.72. The molecule has 0 aliphatic carbocycles. The van der Waals surface area contributed by atoms with Crippen LogP contribution in [0.15, 0.2) is 18.2 Å². The first kappa shape index (κ1) is 14.4. The Balaban J connectivity index is 1.87. The molecule has 1 aliphatic rings. The molecular weight excluding hydrogens is 262 g/mol. The summed E-state index contributed by atoms with van der Waals surface area (Å²) in [6.45, 7) is 3.37. The second kappa shape index (κ2) is 6.40. The molecule has 19 heavy (non-hydrogen) atoms. The van der Waals surface area contributed by atoms with Gasteiger partial charge in [-0.2, -0.15) is 0 Å². The molecule has 1 heterocycles. The van der Waals surface area contributed by atoms with Gasteiger partial charge in [-0.05, 0) is 58.0 Å². The van der Waals surface area contributed by atoms with Gasteiger partial charge >= 0.3 is 0 Å². The van der Waals surface area contributed by atoms with Crippen molar-refractivity contribution in [1.82, 2.24) is 4.90 Å². The summed E-state index contributed by atoms with van der Waals surface area (Å²) in [6.07, 6.45) is 3.54. The molecule has 1 atom stereocenters. The van der Waals surface area contributed by atoms with E-state index >= 15 is 0 Å². The standard InChI is InChI=1S/C15H20ClNO2/c1-11(18)12-5-6-15(14(16)10-12)19-9-7-13-4-3-8-17(13)2/h5-6,10,13H,3-4,7-9H2,1-2H3. The third kappa shape index (κ3) is 3.71. The average molecular weight is 282 g/mol. The number of hydrogen-bond acceptors (Lipinski definition) is 3. The van der Waals surface area contributed by atoms with Crippen molar-refractivity contribution in [2.24, 2.45) is 0 Å². The van der Waals surface area contributed by atoms with Crippen molar-refractivity contribution < 1.29 is 9.53 Å². The molecule has 4 heteroatoms. The Morgan fingerprint density at radius 1 is 1.53 bits per heavy atom. The first-order valence-corrected chi connectivity index (χ1v) is 7.09. The zero-order chi connectivity index (χ0) is 13.8. The van der Waals surface area contributed by atoms with Gasteiger partial charge in [-0.15, -0.1) is 0 Å². The largest absolute Gasteiger partial charge is 0.492 e. The Morgan fingerprint density at radius 3 is 2.89 bits per heavy atom. The van der Waals surface area contributed by atoms with E-state index in [2.05, 4.69) is 11.9 Å². The van der Waals surface area contributed by atoms with E-state index in [1.54, 1.807) is 18.2 Å². The van der Waals surface area contributed by atoms with Crippen LogP contribution in [0, 0.1) is 0 Å². The number of hydrogen-bond donors (Lipinski definition) is 0. The van der Waals surface area contributed by atoms with Crippen molar-refractivity contribution in [3.8, 4) is 5.75 Å². The molecule has 0 bridgehead atoms. The van der Waals surface area contributed by atoms with Crippen LogP contribution in [-0.2, 0) is 0 Å². The molecule has 0 N–H and O–H groups in total. The zero-order valence-corrected chi connectivity index (χ0v) is 12.2. The van der Waals surface area contributed by atoms with E-state index in [0.717, 1.165) is 6.42 Å². The number of benzene rings is 1. The molecule has 1 aromatic carbocycles. The summed E-state index contributed by atoms with van der Waals surface area (Å²) >= 11 is 6.11. The minimum absolute atomic E-state index is 0.0148. The van der Waals surface area contributed by atoms with Crippen LogP contribution in [0.1, 0.15) is 36.5 Å². The Morgan fingerprint density at radius 2 is 2.32 bits per heavy atom. The second-order valence-corrected chi connectivity index (χ2v) is 5.52. The summed E-state index contributed by atoms with van der Waals surface area (Å²) in [5.74, 6) is 0.674. The molecule has 0 radical (unpaired) electrons. The fourth-order valence-electron chi connectivity index (χ4n) is 2.49. The number of Topliss-reactive ketones (excluding diaryl/α,β-unsaturated/α-hetero) is 1. The van der Waals surface area contributed by atoms with E-state index in [1.807, 2.05) is 0 Å². The van der Waals surface area contributed by atoms with Gasteiger partial charge in [-0.25, -0.2) is 0 Å². The van der Waals surface area contributed by atoms with Gasteiger partial charge < -0.3 is 9.64 Å². The van der Waals surface area contributed by atoms with Crippen LogP contribution in [0.5, 0.6) is 5.75 Å². The first-order chi connectivity index (χ1) is 9.08. The molecular formula is C15H20ClNO2. The SMILES string of the molecule is CC(=O)c1ccc(OCCC2CCCN2C)c(Cl)c1. The van der Waals surface area contributed by atoms with Gasteiger partial charge in [-0.3, -0.25) is 4.79 Å². The maximum absolute atomic E-state index is 11.2. The number of carbonyl (C=O) groups is 1. The molecule has 0 spiro atoms. The van der Waals surface area contributed by atoms with E-state index in [-0.39, 0.29) is 5.78 Å². The predicted octanol–water partition coefficient (Wildman–Crippen LogP) is 3.41. The Labute approximate surface area is 119 Å². The Kier molecular flexibility index (Phi) is 4.83. The molecule has 2 rings (SSSR count). The fraction of sp³-hybridized carbons (Fsp3) is 0.533. The van der Waals surface area contributed by atoms with E-state index in [4.69, 9.17) is 16.3 Å². The zero-order valence-electron chi connectivity index (χ0n) is 11.5. The van der Waals surface area contributed by atoms with Crippen molar-refractivity contribution in [2.75, 3.05) is 20.2 Å². The van der Waals surface area contributed by atoms with Crippen LogP contribution in [0.2, 0.25) is 5.02 Å². The molecule has 1 saturated heterocycles. The van der Waals surface area contributed by atoms with Crippen LogP contribution >= 0.6 is 11.6 Å². The normalized spacial score (nSPS) is 19.6. The molecule has 1 unspecified atom stereocenters. The number of nitrogens with zero attached hydrogens (tertiary/aromatic N) is 1. The molecule has 1 aromatic rings. The van der Waals surface area contributed by atoms with Gasteiger partial charge in [0.2, 0.25) is 0 Å². The van der Waals surface area contributed by atoms with Gasteiger partial charge in [-0.1, -0.05) is 11.6 Å². The number of ether oxygens (including phenoxy) is 1. The molecule has 0 saturated carbocycles. The molecule has 0 amide bonds. The summed E-state index contributed by atoms with van der Waals surface area (Å²) in [5, 5.41) is 0.507. The summed E-state index contributed by atoms with van der Waals surface area (Å²) in [7, 11) is 2.16. The van der Waals surface area contributed by atoms with Crippen LogP contribution in [0.4, 0.5) is 0 Å².